The van der Waals surface area contributed by atoms with E-state index in [0.717, 1.165) is 0 Å². The molecule has 0 saturated carbocycles. The van der Waals surface area contributed by atoms with Crippen LogP contribution in [0.2, 0.25) is 0 Å². The van der Waals surface area contributed by atoms with E-state index in [1.54, 1.807) is 61.1 Å². The third-order valence-electron chi connectivity index (χ3n) is 4.16. The standard InChI is InChI=1S/C20H19N3O4/c1-14-18(19(25)23(22(14)2)16-11-7-4-8-12-16)21-17(24)13-27-20(26)15-9-5-3-6-10-15/h3-12H,13H2,1-2H3,(H,21,24). The number of carbonyl (C=O) groups excluding carboxylic acids is 2. The minimum absolute atomic E-state index is 0.155. The van der Waals surface area contributed by atoms with Gasteiger partial charge >= 0.3 is 5.97 Å². The molecule has 27 heavy (non-hydrogen) atoms. The molecule has 0 fully saturated rings. The summed E-state index contributed by atoms with van der Waals surface area (Å²) in [6, 6.07) is 17.5. The smallest absolute Gasteiger partial charge is 0.338 e. The molecule has 7 nitrogen and oxygen atoms in total. The molecule has 138 valence electrons. The maximum absolute atomic E-state index is 12.7. The number of amides is 1. The van der Waals surface area contributed by atoms with Crippen LogP contribution >= 0.6 is 0 Å². The van der Waals surface area contributed by atoms with E-state index >= 15 is 0 Å². The summed E-state index contributed by atoms with van der Waals surface area (Å²) in [7, 11) is 1.73. The van der Waals surface area contributed by atoms with Gasteiger partial charge in [0.2, 0.25) is 0 Å². The second kappa shape index (κ2) is 7.74. The first-order valence-electron chi connectivity index (χ1n) is 8.35. The van der Waals surface area contributed by atoms with Crippen LogP contribution in [0.3, 0.4) is 0 Å². The van der Waals surface area contributed by atoms with Crippen LogP contribution in [0.25, 0.3) is 5.69 Å². The Bertz CT molecular complexity index is 1020. The minimum Gasteiger partial charge on any atom is -0.452 e. The van der Waals surface area contributed by atoms with Crippen molar-refractivity contribution in [2.45, 2.75) is 6.92 Å². The number of para-hydroxylation sites is 1. The molecule has 7 heteroatoms. The van der Waals surface area contributed by atoms with Crippen LogP contribution in [0, 0.1) is 6.92 Å². The number of carbonyl (C=O) groups is 2. The monoisotopic (exact) mass is 365 g/mol. The molecule has 0 aliphatic rings. The lowest BCUT2D eigenvalue weighted by atomic mass is 10.2. The van der Waals surface area contributed by atoms with E-state index in [0.29, 0.717) is 16.9 Å². The van der Waals surface area contributed by atoms with Crippen LogP contribution in [-0.4, -0.2) is 27.8 Å². The summed E-state index contributed by atoms with van der Waals surface area (Å²) < 4.78 is 8.11. The van der Waals surface area contributed by atoms with Crippen molar-refractivity contribution in [1.29, 1.82) is 0 Å². The molecule has 0 radical (unpaired) electrons. The summed E-state index contributed by atoms with van der Waals surface area (Å²) in [5, 5.41) is 2.55. The topological polar surface area (TPSA) is 82.3 Å². The summed E-state index contributed by atoms with van der Waals surface area (Å²) in [5.74, 6) is -1.18. The van der Waals surface area contributed by atoms with E-state index in [2.05, 4.69) is 5.32 Å². The maximum atomic E-state index is 12.7. The van der Waals surface area contributed by atoms with E-state index in [1.807, 2.05) is 18.2 Å². The number of benzene rings is 2. The molecule has 3 rings (SSSR count). The Balaban J connectivity index is 1.73. The van der Waals surface area contributed by atoms with Gasteiger partial charge in [-0.05, 0) is 31.2 Å². The number of rotatable bonds is 5. The molecule has 0 bridgehead atoms. The van der Waals surface area contributed by atoms with Gasteiger partial charge in [0.25, 0.3) is 11.5 Å². The Morgan fingerprint density at radius 3 is 2.22 bits per heavy atom. The van der Waals surface area contributed by atoms with Crippen LogP contribution in [0.4, 0.5) is 5.69 Å². The van der Waals surface area contributed by atoms with Crippen molar-refractivity contribution in [2.75, 3.05) is 11.9 Å². The Labute approximate surface area is 155 Å². The van der Waals surface area contributed by atoms with Gasteiger partial charge in [0, 0.05) is 7.05 Å². The second-order valence-electron chi connectivity index (χ2n) is 5.93. The number of ether oxygens (including phenoxy) is 1. The Morgan fingerprint density at radius 2 is 1.59 bits per heavy atom. The van der Waals surface area contributed by atoms with Crippen LogP contribution in [0.1, 0.15) is 16.1 Å². The van der Waals surface area contributed by atoms with Crippen LogP contribution < -0.4 is 10.9 Å². The summed E-state index contributed by atoms with van der Waals surface area (Å²) in [6.45, 7) is 1.25. The first-order chi connectivity index (χ1) is 13.0. The molecule has 0 saturated heterocycles. The summed E-state index contributed by atoms with van der Waals surface area (Å²) in [5.41, 5.74) is 1.43. The molecule has 0 atom stereocenters. The van der Waals surface area contributed by atoms with Gasteiger partial charge in [-0.2, -0.15) is 0 Å². The maximum Gasteiger partial charge on any atom is 0.338 e. The lowest BCUT2D eigenvalue weighted by molar-refractivity contribution is -0.119. The Morgan fingerprint density at radius 1 is 1.00 bits per heavy atom. The molecule has 1 N–H and O–H groups in total. The van der Waals surface area contributed by atoms with E-state index in [4.69, 9.17) is 4.74 Å². The molecule has 1 amide bonds. The van der Waals surface area contributed by atoms with Gasteiger partial charge in [-0.3, -0.25) is 14.3 Å². The van der Waals surface area contributed by atoms with Crippen molar-refractivity contribution in [3.05, 3.63) is 82.3 Å². The van der Waals surface area contributed by atoms with E-state index in [1.165, 1.54) is 4.68 Å². The van der Waals surface area contributed by atoms with Gasteiger partial charge < -0.3 is 10.1 Å². The molecule has 2 aromatic carbocycles. The molecular formula is C20H19N3O4. The van der Waals surface area contributed by atoms with Crippen LogP contribution in [0.5, 0.6) is 0 Å². The van der Waals surface area contributed by atoms with Crippen molar-refractivity contribution < 1.29 is 14.3 Å². The molecule has 0 aliphatic carbocycles. The minimum atomic E-state index is -0.600. The molecule has 3 aromatic rings. The third-order valence-corrected chi connectivity index (χ3v) is 4.16. The lowest BCUT2D eigenvalue weighted by Gasteiger charge is -2.07. The van der Waals surface area contributed by atoms with Gasteiger partial charge in [0.15, 0.2) is 6.61 Å². The Hall–Kier alpha value is -3.61. The molecular weight excluding hydrogens is 346 g/mol. The average molecular weight is 365 g/mol. The zero-order valence-electron chi connectivity index (χ0n) is 15.0. The summed E-state index contributed by atoms with van der Waals surface area (Å²) >= 11 is 0. The number of hydrogen-bond acceptors (Lipinski definition) is 4. The normalized spacial score (nSPS) is 10.4. The largest absolute Gasteiger partial charge is 0.452 e. The van der Waals surface area contributed by atoms with Crippen molar-refractivity contribution in [3.63, 3.8) is 0 Å². The number of aromatic nitrogens is 2. The molecule has 0 aliphatic heterocycles. The van der Waals surface area contributed by atoms with Gasteiger partial charge in [0.1, 0.15) is 5.69 Å². The van der Waals surface area contributed by atoms with Crippen molar-refractivity contribution in [3.8, 4) is 5.69 Å². The number of hydrogen-bond donors (Lipinski definition) is 1. The number of nitrogens with one attached hydrogen (secondary N) is 1. The average Bonchev–Trinajstić information content (AvgIpc) is 2.90. The summed E-state index contributed by atoms with van der Waals surface area (Å²) in [4.78, 5) is 36.8. The SMILES string of the molecule is Cc1c(NC(=O)COC(=O)c2ccccc2)c(=O)n(-c2ccccc2)n1C. The predicted octanol–water partition coefficient (Wildman–Crippen LogP) is 2.28. The van der Waals surface area contributed by atoms with Crippen molar-refractivity contribution >= 4 is 17.6 Å². The van der Waals surface area contributed by atoms with Crippen LogP contribution in [-0.2, 0) is 16.6 Å². The Kier molecular flexibility index (Phi) is 5.21. The highest BCUT2D eigenvalue weighted by atomic mass is 16.5. The lowest BCUT2D eigenvalue weighted by Crippen LogP contribution is -2.25. The number of nitrogens with zero attached hydrogens (tertiary/aromatic N) is 2. The highest BCUT2D eigenvalue weighted by Gasteiger charge is 2.19. The predicted molar refractivity (Wildman–Crippen MR) is 101 cm³/mol. The fourth-order valence-corrected chi connectivity index (χ4v) is 2.68. The molecule has 0 unspecified atom stereocenters. The zero-order chi connectivity index (χ0) is 19.4. The van der Waals surface area contributed by atoms with Gasteiger partial charge in [-0.15, -0.1) is 0 Å². The number of anilines is 1. The van der Waals surface area contributed by atoms with E-state index in [9.17, 15) is 14.4 Å². The van der Waals surface area contributed by atoms with Crippen LogP contribution in [0.15, 0.2) is 65.5 Å². The van der Waals surface area contributed by atoms with E-state index < -0.39 is 18.5 Å². The first kappa shape index (κ1) is 18.2. The first-order valence-corrected chi connectivity index (χ1v) is 8.35. The fourth-order valence-electron chi connectivity index (χ4n) is 2.68. The van der Waals surface area contributed by atoms with Crippen molar-refractivity contribution in [1.82, 2.24) is 9.36 Å². The molecule has 0 spiro atoms. The van der Waals surface area contributed by atoms with Gasteiger partial charge in [0.05, 0.1) is 16.9 Å². The second-order valence-corrected chi connectivity index (χ2v) is 5.93. The number of esters is 1. The zero-order valence-corrected chi connectivity index (χ0v) is 15.0. The molecule has 1 aromatic heterocycles. The third kappa shape index (κ3) is 3.82. The van der Waals surface area contributed by atoms with Gasteiger partial charge in [-0.25, -0.2) is 9.48 Å². The highest BCUT2D eigenvalue weighted by Crippen LogP contribution is 2.14. The highest BCUT2D eigenvalue weighted by molar-refractivity contribution is 5.95. The van der Waals surface area contributed by atoms with Crippen molar-refractivity contribution in [2.24, 2.45) is 7.05 Å². The summed E-state index contributed by atoms with van der Waals surface area (Å²) in [6.07, 6.45) is 0. The van der Waals surface area contributed by atoms with Gasteiger partial charge in [-0.1, -0.05) is 36.4 Å². The quantitative estimate of drug-likeness (QED) is 0.703. The fraction of sp³-hybridized carbons (Fsp3) is 0.150. The van der Waals surface area contributed by atoms with E-state index in [-0.39, 0.29) is 11.2 Å². The molecule has 1 heterocycles.